The predicted octanol–water partition coefficient (Wildman–Crippen LogP) is 3.56. The van der Waals surface area contributed by atoms with Crippen LogP contribution in [0.4, 0.5) is 5.13 Å². The van der Waals surface area contributed by atoms with Crippen LogP contribution in [0, 0.1) is 5.92 Å². The zero-order valence-corrected chi connectivity index (χ0v) is 19.0. The number of anilines is 1. The minimum absolute atomic E-state index is 0.154. The standard InChI is InChI=1S/C19H21N5O4S3/c25-17(22-19-20-6-8-29-19)13-5-2-7-24(10-13)31(26,27)15-9-14(11-30-15)16-21-18(28-23-16)12-3-1-4-12/h6,8-9,11-13H,1-5,7,10H2,(H,20,22,25)/t13-/m1/s1. The number of aromatic nitrogens is 3. The largest absolute Gasteiger partial charge is 0.339 e. The van der Waals surface area contributed by atoms with Crippen molar-refractivity contribution in [3.63, 3.8) is 0 Å². The van der Waals surface area contributed by atoms with Crippen LogP contribution in [-0.4, -0.2) is 46.8 Å². The highest BCUT2D eigenvalue weighted by molar-refractivity contribution is 7.91. The molecule has 2 fully saturated rings. The topological polar surface area (TPSA) is 118 Å². The molecule has 5 rings (SSSR count). The number of hydrogen-bond acceptors (Lipinski definition) is 9. The number of carbonyl (C=O) groups is 1. The van der Waals surface area contributed by atoms with Gasteiger partial charge in [0.05, 0.1) is 5.92 Å². The summed E-state index contributed by atoms with van der Waals surface area (Å²) in [6, 6.07) is 1.59. The van der Waals surface area contributed by atoms with Crippen molar-refractivity contribution in [2.45, 2.75) is 42.2 Å². The molecule has 0 spiro atoms. The van der Waals surface area contributed by atoms with Crippen molar-refractivity contribution < 1.29 is 17.7 Å². The molecule has 9 nitrogen and oxygen atoms in total. The first-order valence-corrected chi connectivity index (χ1v) is 13.3. The molecule has 3 aromatic heterocycles. The van der Waals surface area contributed by atoms with E-state index in [4.69, 9.17) is 4.52 Å². The van der Waals surface area contributed by atoms with E-state index in [9.17, 15) is 13.2 Å². The maximum atomic E-state index is 13.2. The number of hydrogen-bond donors (Lipinski definition) is 1. The fourth-order valence-corrected chi connectivity index (χ4v) is 7.10. The monoisotopic (exact) mass is 479 g/mol. The summed E-state index contributed by atoms with van der Waals surface area (Å²) in [5.74, 6) is 0.760. The fraction of sp³-hybridized carbons (Fsp3) is 0.474. The minimum atomic E-state index is -3.71. The van der Waals surface area contributed by atoms with Crippen LogP contribution in [0.5, 0.6) is 0 Å². The van der Waals surface area contributed by atoms with Crippen molar-refractivity contribution in [2.75, 3.05) is 18.4 Å². The van der Waals surface area contributed by atoms with Crippen LogP contribution in [-0.2, 0) is 14.8 Å². The zero-order chi connectivity index (χ0) is 21.4. The van der Waals surface area contributed by atoms with Crippen molar-refractivity contribution in [3.05, 3.63) is 28.9 Å². The number of amides is 1. The van der Waals surface area contributed by atoms with E-state index in [0.717, 1.165) is 24.2 Å². The van der Waals surface area contributed by atoms with Crippen molar-refractivity contribution in [2.24, 2.45) is 5.92 Å². The summed E-state index contributed by atoms with van der Waals surface area (Å²) in [7, 11) is -3.71. The highest BCUT2D eigenvalue weighted by Gasteiger charge is 2.35. The maximum Gasteiger partial charge on any atom is 0.252 e. The van der Waals surface area contributed by atoms with Crippen LogP contribution in [0.2, 0.25) is 0 Å². The van der Waals surface area contributed by atoms with E-state index in [1.54, 1.807) is 23.0 Å². The van der Waals surface area contributed by atoms with Gasteiger partial charge in [-0.25, -0.2) is 13.4 Å². The van der Waals surface area contributed by atoms with Crippen molar-refractivity contribution in [1.29, 1.82) is 0 Å². The molecule has 0 unspecified atom stereocenters. The van der Waals surface area contributed by atoms with E-state index in [2.05, 4.69) is 20.4 Å². The van der Waals surface area contributed by atoms with Crippen molar-refractivity contribution in [3.8, 4) is 11.4 Å². The number of sulfonamides is 1. The third-order valence-electron chi connectivity index (χ3n) is 5.74. The summed E-state index contributed by atoms with van der Waals surface area (Å²) in [4.78, 5) is 21.1. The van der Waals surface area contributed by atoms with Crippen LogP contribution in [0.1, 0.15) is 43.9 Å². The second-order valence-corrected chi connectivity index (χ2v) is 11.7. The fourth-order valence-electron chi connectivity index (χ4n) is 3.74. The summed E-state index contributed by atoms with van der Waals surface area (Å²) in [6.07, 6.45) is 6.16. The summed E-state index contributed by atoms with van der Waals surface area (Å²) in [5.41, 5.74) is 0.632. The number of thiazole rings is 1. The molecule has 1 aliphatic carbocycles. The quantitative estimate of drug-likeness (QED) is 0.574. The third kappa shape index (κ3) is 4.16. The van der Waals surface area contributed by atoms with Gasteiger partial charge in [0.25, 0.3) is 10.0 Å². The molecule has 1 amide bonds. The van der Waals surface area contributed by atoms with Gasteiger partial charge in [-0.2, -0.15) is 9.29 Å². The van der Waals surface area contributed by atoms with Gasteiger partial charge in [-0.15, -0.1) is 22.7 Å². The van der Waals surface area contributed by atoms with E-state index in [1.807, 2.05) is 0 Å². The Labute approximate surface area is 187 Å². The Kier molecular flexibility index (Phi) is 5.63. The van der Waals surface area contributed by atoms with Crippen molar-refractivity contribution >= 4 is 43.7 Å². The molecule has 164 valence electrons. The summed E-state index contributed by atoms with van der Waals surface area (Å²) < 4.78 is 33.4. The normalized spacial score (nSPS) is 20.5. The Morgan fingerprint density at radius 3 is 2.84 bits per heavy atom. The molecular weight excluding hydrogens is 458 g/mol. The molecule has 0 radical (unpaired) electrons. The van der Waals surface area contributed by atoms with Crippen LogP contribution in [0.3, 0.4) is 0 Å². The lowest BCUT2D eigenvalue weighted by molar-refractivity contribution is -0.120. The maximum absolute atomic E-state index is 13.2. The Balaban J connectivity index is 1.29. The SMILES string of the molecule is O=C(Nc1nccs1)[C@@H]1CCCN(S(=O)(=O)c2cc(-c3noc(C4CCC4)n3)cs2)C1. The highest BCUT2D eigenvalue weighted by atomic mass is 32.2. The molecule has 2 aliphatic rings. The lowest BCUT2D eigenvalue weighted by atomic mass is 9.85. The van der Waals surface area contributed by atoms with Crippen LogP contribution >= 0.6 is 22.7 Å². The molecule has 12 heteroatoms. The van der Waals surface area contributed by atoms with E-state index in [0.29, 0.717) is 47.7 Å². The average molecular weight is 480 g/mol. The first kappa shape index (κ1) is 20.7. The zero-order valence-electron chi connectivity index (χ0n) is 16.6. The van der Waals surface area contributed by atoms with Crippen molar-refractivity contribution in [1.82, 2.24) is 19.4 Å². The second-order valence-electron chi connectivity index (χ2n) is 7.77. The third-order valence-corrected chi connectivity index (χ3v) is 9.71. The van der Waals surface area contributed by atoms with Gasteiger partial charge in [0, 0.05) is 41.5 Å². The number of piperidine rings is 1. The Bertz CT molecular complexity index is 1170. The Hall–Kier alpha value is -2.15. The Morgan fingerprint density at radius 1 is 1.23 bits per heavy atom. The molecule has 3 aromatic rings. The molecule has 4 heterocycles. The van der Waals surface area contributed by atoms with E-state index in [1.165, 1.54) is 22.1 Å². The number of carbonyl (C=O) groups excluding carboxylic acids is 1. The second kappa shape index (κ2) is 8.41. The number of nitrogens with one attached hydrogen (secondary N) is 1. The van der Waals surface area contributed by atoms with Crippen LogP contribution < -0.4 is 5.32 Å². The molecule has 1 saturated carbocycles. The lowest BCUT2D eigenvalue weighted by Gasteiger charge is -2.30. The number of thiophene rings is 1. The van der Waals surface area contributed by atoms with Gasteiger partial charge < -0.3 is 9.84 Å². The number of nitrogens with zero attached hydrogens (tertiary/aromatic N) is 4. The molecule has 31 heavy (non-hydrogen) atoms. The van der Waals surface area contributed by atoms with Crippen LogP contribution in [0.15, 0.2) is 31.8 Å². The number of rotatable bonds is 6. The highest BCUT2D eigenvalue weighted by Crippen LogP contribution is 2.37. The summed E-state index contributed by atoms with van der Waals surface area (Å²) in [6.45, 7) is 0.547. The lowest BCUT2D eigenvalue weighted by Crippen LogP contribution is -2.43. The van der Waals surface area contributed by atoms with Gasteiger partial charge >= 0.3 is 0 Å². The summed E-state index contributed by atoms with van der Waals surface area (Å²) >= 11 is 2.47. The van der Waals surface area contributed by atoms with Gasteiger partial charge in [-0.3, -0.25) is 4.79 Å². The van der Waals surface area contributed by atoms with Gasteiger partial charge in [-0.1, -0.05) is 11.6 Å². The molecule has 1 N–H and O–H groups in total. The smallest absolute Gasteiger partial charge is 0.252 e. The molecule has 0 aromatic carbocycles. The molecular formula is C19H21N5O4S3. The van der Waals surface area contributed by atoms with Gasteiger partial charge in [-0.05, 0) is 31.7 Å². The molecule has 1 saturated heterocycles. The first-order chi connectivity index (χ1) is 15.0. The van der Waals surface area contributed by atoms with E-state index >= 15 is 0 Å². The molecule has 0 bridgehead atoms. The predicted molar refractivity (Wildman–Crippen MR) is 116 cm³/mol. The van der Waals surface area contributed by atoms with E-state index in [-0.39, 0.29) is 16.7 Å². The minimum Gasteiger partial charge on any atom is -0.339 e. The van der Waals surface area contributed by atoms with Gasteiger partial charge in [0.1, 0.15) is 4.21 Å². The van der Waals surface area contributed by atoms with Gasteiger partial charge in [0.15, 0.2) is 5.13 Å². The molecule has 1 atom stereocenters. The molecule has 1 aliphatic heterocycles. The first-order valence-electron chi connectivity index (χ1n) is 10.1. The Morgan fingerprint density at radius 2 is 2.10 bits per heavy atom. The van der Waals surface area contributed by atoms with Gasteiger partial charge in [0.2, 0.25) is 17.6 Å². The van der Waals surface area contributed by atoms with E-state index < -0.39 is 15.9 Å². The van der Waals surface area contributed by atoms with Crippen LogP contribution in [0.25, 0.3) is 11.4 Å². The summed E-state index contributed by atoms with van der Waals surface area (Å²) in [5, 5.41) is 10.8. The average Bonchev–Trinajstić information content (AvgIpc) is 3.48.